The van der Waals surface area contributed by atoms with Gasteiger partial charge in [-0.15, -0.1) is 11.3 Å². The molecule has 0 aliphatic carbocycles. The number of carboxylic acids is 1. The summed E-state index contributed by atoms with van der Waals surface area (Å²) in [6.07, 6.45) is 1.66. The van der Waals surface area contributed by atoms with E-state index in [1.165, 1.54) is 6.07 Å². The largest absolute Gasteiger partial charge is 0.477 e. The van der Waals surface area contributed by atoms with Crippen molar-refractivity contribution in [3.05, 3.63) is 45.4 Å². The van der Waals surface area contributed by atoms with E-state index in [1.54, 1.807) is 23.0 Å². The van der Waals surface area contributed by atoms with Gasteiger partial charge in [-0.25, -0.2) is 14.5 Å². The highest BCUT2D eigenvalue weighted by molar-refractivity contribution is 7.13. The van der Waals surface area contributed by atoms with Crippen LogP contribution in [0.25, 0.3) is 11.0 Å². The number of thiophene rings is 1. The van der Waals surface area contributed by atoms with Gasteiger partial charge in [0.2, 0.25) is 0 Å². The maximum Gasteiger partial charge on any atom is 0.345 e. The minimum atomic E-state index is -0.963. The van der Waals surface area contributed by atoms with Gasteiger partial charge in [-0.3, -0.25) is 4.79 Å². The van der Waals surface area contributed by atoms with Crippen molar-refractivity contribution in [3.63, 3.8) is 0 Å². The molecule has 7 nitrogen and oxygen atoms in total. The van der Waals surface area contributed by atoms with Crippen molar-refractivity contribution >= 4 is 34.2 Å². The third-order valence-corrected chi connectivity index (χ3v) is 4.80. The van der Waals surface area contributed by atoms with Crippen molar-refractivity contribution in [1.29, 1.82) is 0 Å². The fraction of sp³-hybridized carbons (Fsp3) is 0.294. The number of nitrogens with one attached hydrogen (secondary N) is 1. The van der Waals surface area contributed by atoms with Crippen LogP contribution < -0.4 is 5.32 Å². The second-order valence-electron chi connectivity index (χ2n) is 5.99. The number of aromatic carboxylic acids is 1. The van der Waals surface area contributed by atoms with Crippen LogP contribution in [0.2, 0.25) is 0 Å². The Labute approximate surface area is 148 Å². The lowest BCUT2D eigenvalue weighted by molar-refractivity contribution is 0.0702. The average Bonchev–Trinajstić information content (AvgIpc) is 3.18. The number of carbonyl (C=O) groups is 2. The average molecular weight is 358 g/mol. The van der Waals surface area contributed by atoms with Gasteiger partial charge in [0.1, 0.15) is 4.88 Å². The first-order valence-electron chi connectivity index (χ1n) is 7.82. The monoisotopic (exact) mass is 358 g/mol. The van der Waals surface area contributed by atoms with E-state index in [2.05, 4.69) is 15.4 Å². The zero-order valence-electron chi connectivity index (χ0n) is 14.1. The molecule has 0 unspecified atom stereocenters. The molecule has 1 amide bonds. The molecule has 3 heterocycles. The van der Waals surface area contributed by atoms with Crippen molar-refractivity contribution in [3.8, 4) is 0 Å². The summed E-state index contributed by atoms with van der Waals surface area (Å²) in [5.41, 5.74) is 1.94. The second-order valence-corrected chi connectivity index (χ2v) is 7.15. The Morgan fingerprint density at radius 2 is 2.12 bits per heavy atom. The Bertz CT molecular complexity index is 958. The lowest BCUT2D eigenvalue weighted by atomic mass is 10.1. The van der Waals surface area contributed by atoms with Gasteiger partial charge in [0, 0.05) is 16.6 Å². The number of fused-ring (bicyclic) bond motifs is 1. The van der Waals surface area contributed by atoms with Crippen LogP contribution in [0.15, 0.2) is 24.4 Å². The minimum absolute atomic E-state index is 0.142. The second kappa shape index (κ2) is 6.64. The number of hydrogen-bond donors (Lipinski definition) is 2. The van der Waals surface area contributed by atoms with E-state index in [9.17, 15) is 9.59 Å². The van der Waals surface area contributed by atoms with E-state index in [-0.39, 0.29) is 23.4 Å². The predicted octanol–water partition coefficient (Wildman–Crippen LogP) is 3.01. The molecule has 0 spiro atoms. The van der Waals surface area contributed by atoms with E-state index in [4.69, 9.17) is 5.11 Å². The Hall–Kier alpha value is -2.74. The van der Waals surface area contributed by atoms with Gasteiger partial charge >= 0.3 is 5.97 Å². The molecule has 0 bridgehead atoms. The SMILES string of the molecule is Cc1cc(C(=O)NCc2ccc(C(=O)O)s2)c2cnn(C(C)C)c2n1. The molecule has 3 aromatic heterocycles. The van der Waals surface area contributed by atoms with Crippen molar-refractivity contribution in [1.82, 2.24) is 20.1 Å². The van der Waals surface area contributed by atoms with Gasteiger partial charge in [0.25, 0.3) is 5.91 Å². The van der Waals surface area contributed by atoms with Crippen LogP contribution in [0.4, 0.5) is 0 Å². The van der Waals surface area contributed by atoms with Crippen molar-refractivity contribution in [2.24, 2.45) is 0 Å². The van der Waals surface area contributed by atoms with E-state index in [1.807, 2.05) is 20.8 Å². The zero-order chi connectivity index (χ0) is 18.1. The molecule has 25 heavy (non-hydrogen) atoms. The van der Waals surface area contributed by atoms with Gasteiger partial charge in [-0.1, -0.05) is 0 Å². The summed E-state index contributed by atoms with van der Waals surface area (Å²) >= 11 is 1.15. The number of rotatable bonds is 5. The highest BCUT2D eigenvalue weighted by atomic mass is 32.1. The third kappa shape index (κ3) is 3.39. The van der Waals surface area contributed by atoms with E-state index >= 15 is 0 Å². The summed E-state index contributed by atoms with van der Waals surface area (Å²) in [5, 5.41) is 16.8. The van der Waals surface area contributed by atoms with Gasteiger partial charge in [0.15, 0.2) is 5.65 Å². The molecule has 0 saturated heterocycles. The Kier molecular flexibility index (Phi) is 4.54. The summed E-state index contributed by atoms with van der Waals surface area (Å²) < 4.78 is 1.79. The molecule has 8 heteroatoms. The molecule has 0 fully saturated rings. The zero-order valence-corrected chi connectivity index (χ0v) is 14.9. The van der Waals surface area contributed by atoms with Gasteiger partial charge in [-0.2, -0.15) is 5.10 Å². The van der Waals surface area contributed by atoms with Crippen LogP contribution in [0.3, 0.4) is 0 Å². The lowest BCUT2D eigenvalue weighted by Crippen LogP contribution is -2.22. The smallest absolute Gasteiger partial charge is 0.345 e. The van der Waals surface area contributed by atoms with Crippen LogP contribution in [0.1, 0.15) is 50.5 Å². The number of aromatic nitrogens is 3. The van der Waals surface area contributed by atoms with Gasteiger partial charge in [0.05, 0.1) is 23.7 Å². The quantitative estimate of drug-likeness (QED) is 0.731. The van der Waals surface area contributed by atoms with E-state index in [0.29, 0.717) is 16.6 Å². The fourth-order valence-electron chi connectivity index (χ4n) is 2.56. The van der Waals surface area contributed by atoms with Crippen molar-refractivity contribution < 1.29 is 14.7 Å². The number of carbonyl (C=O) groups excluding carboxylic acids is 1. The molecular weight excluding hydrogens is 340 g/mol. The number of carboxylic acid groups (broad SMARTS) is 1. The van der Waals surface area contributed by atoms with E-state index in [0.717, 1.165) is 21.9 Å². The normalized spacial score (nSPS) is 11.2. The molecule has 0 aromatic carbocycles. The maximum absolute atomic E-state index is 12.6. The Morgan fingerprint density at radius 3 is 2.76 bits per heavy atom. The first-order chi connectivity index (χ1) is 11.9. The van der Waals surface area contributed by atoms with Crippen molar-refractivity contribution in [2.45, 2.75) is 33.4 Å². The first kappa shape index (κ1) is 17.1. The predicted molar refractivity (Wildman–Crippen MR) is 95.1 cm³/mol. The first-order valence-corrected chi connectivity index (χ1v) is 8.63. The lowest BCUT2D eigenvalue weighted by Gasteiger charge is -2.09. The minimum Gasteiger partial charge on any atom is -0.477 e. The van der Waals surface area contributed by atoms with Crippen molar-refractivity contribution in [2.75, 3.05) is 0 Å². The van der Waals surface area contributed by atoms with Gasteiger partial charge in [-0.05, 0) is 39.0 Å². The highest BCUT2D eigenvalue weighted by Gasteiger charge is 2.17. The summed E-state index contributed by atoms with van der Waals surface area (Å²) in [6, 6.07) is 5.12. The molecule has 130 valence electrons. The Balaban J connectivity index is 1.85. The summed E-state index contributed by atoms with van der Waals surface area (Å²) in [7, 11) is 0. The maximum atomic E-state index is 12.6. The molecule has 3 rings (SSSR count). The topological polar surface area (TPSA) is 97.1 Å². The number of aryl methyl sites for hydroxylation is 1. The molecule has 2 N–H and O–H groups in total. The molecule has 0 saturated carbocycles. The van der Waals surface area contributed by atoms with Crippen LogP contribution in [-0.4, -0.2) is 31.7 Å². The van der Waals surface area contributed by atoms with Crippen LogP contribution in [-0.2, 0) is 6.54 Å². The Morgan fingerprint density at radius 1 is 1.36 bits per heavy atom. The number of pyridine rings is 1. The highest BCUT2D eigenvalue weighted by Crippen LogP contribution is 2.21. The third-order valence-electron chi connectivity index (χ3n) is 3.72. The molecular formula is C17H18N4O3S. The van der Waals surface area contributed by atoms with Crippen LogP contribution >= 0.6 is 11.3 Å². The van der Waals surface area contributed by atoms with Crippen LogP contribution in [0, 0.1) is 6.92 Å². The number of nitrogens with zero attached hydrogens (tertiary/aromatic N) is 3. The number of hydrogen-bond acceptors (Lipinski definition) is 5. The summed E-state index contributed by atoms with van der Waals surface area (Å²) in [6.45, 7) is 6.13. The fourth-order valence-corrected chi connectivity index (χ4v) is 3.35. The standard InChI is InChI=1S/C17H18N4O3S/c1-9(2)21-15-13(8-19-21)12(6-10(3)20-15)16(22)18-7-11-4-5-14(25-11)17(23)24/h4-6,8-9H,7H2,1-3H3,(H,18,22)(H,23,24). The number of amides is 1. The van der Waals surface area contributed by atoms with Gasteiger partial charge < -0.3 is 10.4 Å². The summed E-state index contributed by atoms with van der Waals surface area (Å²) in [4.78, 5) is 29.1. The summed E-state index contributed by atoms with van der Waals surface area (Å²) in [5.74, 6) is -1.20. The molecule has 0 atom stereocenters. The molecule has 0 aliphatic rings. The molecule has 0 aliphatic heterocycles. The van der Waals surface area contributed by atoms with E-state index < -0.39 is 5.97 Å². The van der Waals surface area contributed by atoms with Crippen LogP contribution in [0.5, 0.6) is 0 Å². The molecule has 3 aromatic rings. The molecule has 0 radical (unpaired) electrons.